The Bertz CT molecular complexity index is 2910. The summed E-state index contributed by atoms with van der Waals surface area (Å²) in [5, 5.41) is 0. The van der Waals surface area contributed by atoms with Crippen LogP contribution in [0.15, 0.2) is 145 Å². The highest BCUT2D eigenvalue weighted by molar-refractivity contribution is 6.14. The Morgan fingerprint density at radius 3 is 1.09 bits per heavy atom. The van der Waals surface area contributed by atoms with Gasteiger partial charge in [0, 0.05) is 11.1 Å². The molecule has 13 heteroatoms. The molecule has 0 saturated carbocycles. The van der Waals surface area contributed by atoms with Crippen LogP contribution in [0.2, 0.25) is 0 Å². The van der Waals surface area contributed by atoms with Crippen molar-refractivity contribution in [2.45, 2.75) is 157 Å². The van der Waals surface area contributed by atoms with Gasteiger partial charge in [-0.3, -0.25) is 24.3 Å². The highest BCUT2D eigenvalue weighted by Crippen LogP contribution is 2.43. The van der Waals surface area contributed by atoms with Crippen LogP contribution in [0.1, 0.15) is 200 Å². The van der Waals surface area contributed by atoms with Crippen LogP contribution in [0.5, 0.6) is 0 Å². The molecule has 0 radical (unpaired) electrons. The first kappa shape index (κ1) is 60.2. The van der Waals surface area contributed by atoms with Crippen molar-refractivity contribution in [1.82, 2.24) is 0 Å². The fraction of sp³-hybridized carbons (Fsp3) is 0.400. The van der Waals surface area contributed by atoms with Crippen LogP contribution >= 0.6 is 0 Å². The van der Waals surface area contributed by atoms with Crippen molar-refractivity contribution in [3.05, 3.63) is 201 Å². The quantitative estimate of drug-likeness (QED) is 0.0279. The van der Waals surface area contributed by atoms with E-state index < -0.39 is 63.4 Å². The summed E-state index contributed by atoms with van der Waals surface area (Å²) in [5.41, 5.74) is -0.903. The van der Waals surface area contributed by atoms with E-state index in [0.717, 1.165) is 40.0 Å². The average molecular weight is 1070 g/mol. The molecule has 1 aliphatic rings. The van der Waals surface area contributed by atoms with E-state index in [1.165, 1.54) is 30.3 Å². The van der Waals surface area contributed by atoms with E-state index >= 15 is 9.59 Å². The van der Waals surface area contributed by atoms with E-state index in [9.17, 15) is 14.4 Å². The van der Waals surface area contributed by atoms with Gasteiger partial charge in [0.05, 0.1) is 5.56 Å². The highest BCUT2D eigenvalue weighted by Gasteiger charge is 2.60. The van der Waals surface area contributed by atoms with Crippen molar-refractivity contribution >= 4 is 29.7 Å². The molecule has 0 bridgehead atoms. The first-order chi connectivity index (χ1) is 36.5. The van der Waals surface area contributed by atoms with Crippen molar-refractivity contribution in [3.8, 4) is 0 Å². The van der Waals surface area contributed by atoms with E-state index in [1.54, 1.807) is 55.4 Å². The zero-order valence-electron chi connectivity index (χ0n) is 48.0. The fourth-order valence-corrected chi connectivity index (χ4v) is 8.60. The predicted octanol–water partition coefficient (Wildman–Crippen LogP) is 14.7. The van der Waals surface area contributed by atoms with E-state index in [0.29, 0.717) is 22.6 Å². The first-order valence-electron chi connectivity index (χ1n) is 26.6. The molecule has 1 unspecified atom stereocenters. The van der Waals surface area contributed by atoms with Gasteiger partial charge in [-0.25, -0.2) is 19.2 Å². The largest absolute Gasteiger partial charge is 0.373 e. The number of hydrogen-bond acceptors (Lipinski definition) is 13. The van der Waals surface area contributed by atoms with E-state index in [-0.39, 0.29) is 34.5 Å². The van der Waals surface area contributed by atoms with E-state index in [4.69, 9.17) is 39.1 Å². The number of benzene rings is 5. The second-order valence-corrected chi connectivity index (χ2v) is 23.2. The lowest BCUT2D eigenvalue weighted by atomic mass is 9.70. The van der Waals surface area contributed by atoms with Gasteiger partial charge in [0.1, 0.15) is 28.3 Å². The molecule has 5 aromatic carbocycles. The fourth-order valence-electron chi connectivity index (χ4n) is 8.60. The summed E-state index contributed by atoms with van der Waals surface area (Å²) in [6, 6.07) is 36.1. The van der Waals surface area contributed by atoms with Gasteiger partial charge in [-0.15, -0.1) is 0 Å². The lowest BCUT2D eigenvalue weighted by Gasteiger charge is -2.34. The van der Waals surface area contributed by atoms with Crippen molar-refractivity contribution in [2.24, 2.45) is 11.3 Å². The molecule has 414 valence electrons. The van der Waals surface area contributed by atoms with Crippen molar-refractivity contribution in [3.63, 3.8) is 0 Å². The number of allylic oxidation sites excluding steroid dienone is 2. The van der Waals surface area contributed by atoms with Crippen LogP contribution in [0.3, 0.4) is 0 Å². The molecule has 0 aromatic heterocycles. The molecular weight excluding hydrogens is 989 g/mol. The summed E-state index contributed by atoms with van der Waals surface area (Å²) < 4.78 is 0. The smallest absolute Gasteiger partial charge is 0.297 e. The Morgan fingerprint density at radius 2 is 0.744 bits per heavy atom. The van der Waals surface area contributed by atoms with Gasteiger partial charge >= 0.3 is 23.9 Å². The molecule has 0 aliphatic heterocycles. The van der Waals surface area contributed by atoms with Crippen molar-refractivity contribution < 1.29 is 63.1 Å². The molecule has 13 nitrogen and oxygen atoms in total. The molecular formula is C65H76O13. The number of ketones is 1. The summed E-state index contributed by atoms with van der Waals surface area (Å²) in [5.74, 6) is -6.67. The molecule has 0 N–H and O–H groups in total. The Hall–Kier alpha value is -7.03. The van der Waals surface area contributed by atoms with Gasteiger partial charge < -0.3 is 0 Å². The summed E-state index contributed by atoms with van der Waals surface area (Å²) in [7, 11) is 0. The third-order valence-electron chi connectivity index (χ3n) is 14.3. The third kappa shape index (κ3) is 14.0. The minimum absolute atomic E-state index is 0.0157. The van der Waals surface area contributed by atoms with Gasteiger partial charge in [0.25, 0.3) is 0 Å². The molecule has 6 rings (SSSR count). The standard InChI is InChI=1S/C65H76O13/c1-40(2)44-20-28-51(29-21-44)61(9,10)75-71-57(67)50-19-17-18-48(38-50)56(66)49-36-37-65(59(69)73-77-63(13,14)53-32-24-46(25-33-53)42(5)6,60(70)74-78-64(15,16)54-34-26-47(27-35-54)43(7)8)55(39-49)58(68)72-76-62(11,12)52-30-22-45(23-31-52)41(3)4/h17-43,55H,1-16H3. The molecule has 0 spiro atoms. The summed E-state index contributed by atoms with van der Waals surface area (Å²) in [6.45, 7) is 30.1. The van der Waals surface area contributed by atoms with Crippen molar-refractivity contribution in [2.75, 3.05) is 0 Å². The van der Waals surface area contributed by atoms with Crippen LogP contribution in [-0.2, 0) is 75.9 Å². The maximum absolute atomic E-state index is 15.1. The van der Waals surface area contributed by atoms with Gasteiger partial charge in [-0.1, -0.05) is 183 Å². The topological polar surface area (TPSA) is 159 Å². The Morgan fingerprint density at radius 1 is 0.423 bits per heavy atom. The average Bonchev–Trinajstić information content (AvgIpc) is 3.51. The summed E-state index contributed by atoms with van der Waals surface area (Å²) in [4.78, 5) is 119. The van der Waals surface area contributed by atoms with Gasteiger partial charge in [-0.05, 0) is 136 Å². The summed E-state index contributed by atoms with van der Waals surface area (Å²) in [6.07, 6.45) is 3.30. The Balaban J connectivity index is 1.37. The first-order valence-corrected chi connectivity index (χ1v) is 26.6. The van der Waals surface area contributed by atoms with E-state index in [1.807, 2.05) is 97.1 Å². The summed E-state index contributed by atoms with van der Waals surface area (Å²) >= 11 is 0. The Kier molecular flexibility index (Phi) is 18.8. The maximum Gasteiger partial charge on any atom is 0.373 e. The number of hydrogen-bond donors (Lipinski definition) is 0. The lowest BCUT2D eigenvalue weighted by Crippen LogP contribution is -2.51. The SMILES string of the molecule is CC(C)c1ccc(C(C)(C)OOC(=O)c2cccc(C(=O)C3=CC(C(=O)OOC(C)(C)c4ccc(C(C)C)cc4)C(C(=O)OOC(C)(C)c4ccc(C(C)C)cc4)(C(=O)OOC(C)(C)c4ccc(C(C)C)cc4)C=C3)c2)cc1. The minimum atomic E-state index is -2.78. The second-order valence-electron chi connectivity index (χ2n) is 23.2. The number of carbonyl (C=O) groups excluding carboxylic acids is 5. The zero-order chi connectivity index (χ0) is 57.5. The molecule has 0 fully saturated rings. The van der Waals surface area contributed by atoms with Gasteiger partial charge in [-0.2, -0.15) is 19.6 Å². The highest BCUT2D eigenvalue weighted by atomic mass is 17.2. The molecule has 78 heavy (non-hydrogen) atoms. The van der Waals surface area contributed by atoms with Crippen LogP contribution in [0.4, 0.5) is 0 Å². The minimum Gasteiger partial charge on any atom is -0.297 e. The lowest BCUT2D eigenvalue weighted by molar-refractivity contribution is -0.350. The van der Waals surface area contributed by atoms with Gasteiger partial charge in [0.15, 0.2) is 5.78 Å². The van der Waals surface area contributed by atoms with Crippen LogP contribution in [0, 0.1) is 11.3 Å². The number of Topliss-reactive ketones (excluding diaryl/α,β-unsaturated/α-hetero) is 1. The van der Waals surface area contributed by atoms with Crippen LogP contribution in [0.25, 0.3) is 0 Å². The molecule has 5 aromatic rings. The molecule has 1 atom stereocenters. The predicted molar refractivity (Wildman–Crippen MR) is 296 cm³/mol. The van der Waals surface area contributed by atoms with Crippen LogP contribution in [-0.4, -0.2) is 29.7 Å². The normalized spacial score (nSPS) is 14.8. The molecule has 1 aliphatic carbocycles. The second kappa shape index (κ2) is 24.3. The van der Waals surface area contributed by atoms with E-state index in [2.05, 4.69) is 55.4 Å². The van der Waals surface area contributed by atoms with Crippen molar-refractivity contribution in [1.29, 1.82) is 0 Å². The number of carbonyl (C=O) groups is 5. The van der Waals surface area contributed by atoms with Gasteiger partial charge in [0.2, 0.25) is 5.41 Å². The monoisotopic (exact) mass is 1060 g/mol. The van der Waals surface area contributed by atoms with Crippen LogP contribution < -0.4 is 0 Å². The Labute approximate surface area is 459 Å². The molecule has 0 saturated heterocycles. The number of rotatable bonds is 22. The maximum atomic E-state index is 15.1. The molecule has 0 amide bonds. The third-order valence-corrected chi connectivity index (χ3v) is 14.3. The molecule has 0 heterocycles. The zero-order valence-corrected chi connectivity index (χ0v) is 48.0.